The van der Waals surface area contributed by atoms with Gasteiger partial charge in [-0.1, -0.05) is 29.8 Å². The van der Waals surface area contributed by atoms with Crippen LogP contribution < -0.4 is 5.32 Å². The number of anilines is 1. The minimum absolute atomic E-state index is 0.0551. The number of hydrogen-bond acceptors (Lipinski definition) is 3. The molecule has 2 aromatic carbocycles. The molecule has 1 unspecified atom stereocenters. The van der Waals surface area contributed by atoms with E-state index in [-0.39, 0.29) is 6.04 Å². The van der Waals surface area contributed by atoms with Gasteiger partial charge >= 0.3 is 0 Å². The molecule has 112 valence electrons. The summed E-state index contributed by atoms with van der Waals surface area (Å²) in [5.74, 6) is 0.338. The highest BCUT2D eigenvalue weighted by atomic mass is 16.3. The van der Waals surface area contributed by atoms with Crippen molar-refractivity contribution in [2.45, 2.75) is 26.4 Å². The van der Waals surface area contributed by atoms with Gasteiger partial charge in [-0.05, 0) is 51.7 Å². The number of aryl methyl sites for hydroxylation is 1. The summed E-state index contributed by atoms with van der Waals surface area (Å²) >= 11 is 0. The molecule has 0 aliphatic carbocycles. The zero-order valence-corrected chi connectivity index (χ0v) is 13.2. The molecule has 2 rings (SSSR count). The second-order valence-electron chi connectivity index (χ2n) is 5.87. The normalized spacial score (nSPS) is 12.4. The summed E-state index contributed by atoms with van der Waals surface area (Å²) in [5, 5.41) is 13.5. The van der Waals surface area contributed by atoms with Gasteiger partial charge < -0.3 is 15.3 Å². The zero-order chi connectivity index (χ0) is 15.4. The first kappa shape index (κ1) is 15.4. The lowest BCUT2D eigenvalue weighted by atomic mass is 10.0. The molecule has 0 heterocycles. The average molecular weight is 284 g/mol. The van der Waals surface area contributed by atoms with E-state index in [0.29, 0.717) is 5.75 Å². The van der Waals surface area contributed by atoms with Crippen molar-refractivity contribution in [3.05, 3.63) is 59.2 Å². The van der Waals surface area contributed by atoms with E-state index in [1.54, 1.807) is 6.07 Å². The molecule has 0 amide bonds. The molecular formula is C18H24N2O. The summed E-state index contributed by atoms with van der Waals surface area (Å²) in [6, 6.07) is 14.2. The maximum atomic E-state index is 10.0. The second-order valence-corrected chi connectivity index (χ2v) is 5.87. The lowest BCUT2D eigenvalue weighted by Crippen LogP contribution is -2.11. The Morgan fingerprint density at radius 2 is 1.90 bits per heavy atom. The highest BCUT2D eigenvalue weighted by Crippen LogP contribution is 2.28. The van der Waals surface area contributed by atoms with Gasteiger partial charge in [0, 0.05) is 17.8 Å². The van der Waals surface area contributed by atoms with Crippen molar-refractivity contribution in [1.82, 2.24) is 4.90 Å². The number of benzene rings is 2. The first-order valence-corrected chi connectivity index (χ1v) is 7.25. The van der Waals surface area contributed by atoms with Gasteiger partial charge in [0.25, 0.3) is 0 Å². The van der Waals surface area contributed by atoms with Crippen LogP contribution in [0.25, 0.3) is 0 Å². The Morgan fingerprint density at radius 3 is 2.62 bits per heavy atom. The van der Waals surface area contributed by atoms with Gasteiger partial charge in [-0.3, -0.25) is 0 Å². The molecule has 0 aliphatic heterocycles. The molecule has 2 aromatic rings. The van der Waals surface area contributed by atoms with Crippen molar-refractivity contribution in [2.24, 2.45) is 0 Å². The van der Waals surface area contributed by atoms with E-state index in [2.05, 4.69) is 55.5 Å². The third-order valence-electron chi connectivity index (χ3n) is 3.46. The van der Waals surface area contributed by atoms with E-state index in [1.165, 1.54) is 5.56 Å². The third kappa shape index (κ3) is 4.23. The zero-order valence-electron chi connectivity index (χ0n) is 13.2. The molecule has 21 heavy (non-hydrogen) atoms. The fourth-order valence-corrected chi connectivity index (χ4v) is 2.47. The van der Waals surface area contributed by atoms with Crippen LogP contribution in [0.5, 0.6) is 5.75 Å². The predicted molar refractivity (Wildman–Crippen MR) is 88.7 cm³/mol. The summed E-state index contributed by atoms with van der Waals surface area (Å²) < 4.78 is 0. The molecule has 0 fully saturated rings. The minimum atomic E-state index is 0.0551. The number of nitrogens with zero attached hydrogens (tertiary/aromatic N) is 1. The Labute approximate surface area is 127 Å². The first-order chi connectivity index (χ1) is 9.95. The van der Waals surface area contributed by atoms with Crippen LogP contribution in [0.3, 0.4) is 0 Å². The average Bonchev–Trinajstić information content (AvgIpc) is 2.41. The summed E-state index contributed by atoms with van der Waals surface area (Å²) in [7, 11) is 4.13. The molecule has 0 radical (unpaired) electrons. The smallest absolute Gasteiger partial charge is 0.120 e. The maximum absolute atomic E-state index is 10.0. The van der Waals surface area contributed by atoms with Crippen molar-refractivity contribution < 1.29 is 5.11 Å². The molecule has 0 aliphatic rings. The summed E-state index contributed by atoms with van der Waals surface area (Å²) in [5.41, 5.74) is 4.42. The van der Waals surface area contributed by atoms with Crippen LogP contribution in [0.4, 0.5) is 5.69 Å². The SMILES string of the molecule is Cc1ccc(O)c(C(C)Nc2cccc(CN(C)C)c2)c1. The quantitative estimate of drug-likeness (QED) is 0.873. The Balaban J connectivity index is 2.15. The molecule has 3 nitrogen and oxygen atoms in total. The molecule has 1 atom stereocenters. The van der Waals surface area contributed by atoms with Gasteiger partial charge in [-0.15, -0.1) is 0 Å². The van der Waals surface area contributed by atoms with E-state index in [0.717, 1.165) is 23.4 Å². The molecule has 0 aromatic heterocycles. The Morgan fingerprint density at radius 1 is 1.14 bits per heavy atom. The molecule has 3 heteroatoms. The lowest BCUT2D eigenvalue weighted by molar-refractivity contribution is 0.402. The molecular weight excluding hydrogens is 260 g/mol. The Hall–Kier alpha value is -2.00. The standard InChI is InChI=1S/C18H24N2O/c1-13-8-9-18(21)17(10-13)14(2)19-16-7-5-6-15(11-16)12-20(3)4/h5-11,14,19,21H,12H2,1-4H3. The molecule has 2 N–H and O–H groups in total. The monoisotopic (exact) mass is 284 g/mol. The van der Waals surface area contributed by atoms with Crippen LogP contribution in [0.15, 0.2) is 42.5 Å². The maximum Gasteiger partial charge on any atom is 0.120 e. The number of rotatable bonds is 5. The second kappa shape index (κ2) is 6.64. The van der Waals surface area contributed by atoms with E-state index in [4.69, 9.17) is 0 Å². The van der Waals surface area contributed by atoms with Crippen molar-refractivity contribution in [2.75, 3.05) is 19.4 Å². The number of hydrogen-bond donors (Lipinski definition) is 2. The summed E-state index contributed by atoms with van der Waals surface area (Å²) in [6.07, 6.45) is 0. The van der Waals surface area contributed by atoms with Crippen molar-refractivity contribution in [3.63, 3.8) is 0 Å². The molecule has 0 saturated carbocycles. The Kier molecular flexibility index (Phi) is 4.86. The van der Waals surface area contributed by atoms with Crippen LogP contribution in [0.2, 0.25) is 0 Å². The van der Waals surface area contributed by atoms with Gasteiger partial charge in [-0.25, -0.2) is 0 Å². The van der Waals surface area contributed by atoms with Gasteiger partial charge in [0.05, 0.1) is 6.04 Å². The van der Waals surface area contributed by atoms with Crippen LogP contribution in [0.1, 0.15) is 29.7 Å². The largest absolute Gasteiger partial charge is 0.508 e. The number of nitrogens with one attached hydrogen (secondary N) is 1. The molecule has 0 spiro atoms. The highest BCUT2D eigenvalue weighted by molar-refractivity contribution is 5.49. The van der Waals surface area contributed by atoms with Crippen LogP contribution in [-0.4, -0.2) is 24.1 Å². The van der Waals surface area contributed by atoms with Crippen molar-refractivity contribution >= 4 is 5.69 Å². The third-order valence-corrected chi connectivity index (χ3v) is 3.46. The summed E-state index contributed by atoms with van der Waals surface area (Å²) in [6.45, 7) is 5.01. The minimum Gasteiger partial charge on any atom is -0.508 e. The van der Waals surface area contributed by atoms with E-state index in [1.807, 2.05) is 19.1 Å². The van der Waals surface area contributed by atoms with E-state index in [9.17, 15) is 5.11 Å². The number of aromatic hydroxyl groups is 1. The molecule has 0 bridgehead atoms. The fourth-order valence-electron chi connectivity index (χ4n) is 2.47. The number of phenols is 1. The van der Waals surface area contributed by atoms with Crippen LogP contribution >= 0.6 is 0 Å². The Bertz CT molecular complexity index is 608. The first-order valence-electron chi connectivity index (χ1n) is 7.25. The van der Waals surface area contributed by atoms with Crippen LogP contribution in [0, 0.1) is 6.92 Å². The van der Waals surface area contributed by atoms with Gasteiger partial charge in [0.15, 0.2) is 0 Å². The van der Waals surface area contributed by atoms with Crippen LogP contribution in [-0.2, 0) is 6.54 Å². The van der Waals surface area contributed by atoms with E-state index < -0.39 is 0 Å². The van der Waals surface area contributed by atoms with Gasteiger partial charge in [-0.2, -0.15) is 0 Å². The molecule has 0 saturated heterocycles. The summed E-state index contributed by atoms with van der Waals surface area (Å²) in [4.78, 5) is 2.15. The predicted octanol–water partition coefficient (Wildman–Crippen LogP) is 3.94. The van der Waals surface area contributed by atoms with Gasteiger partial charge in [0.2, 0.25) is 0 Å². The topological polar surface area (TPSA) is 35.5 Å². The van der Waals surface area contributed by atoms with E-state index >= 15 is 0 Å². The van der Waals surface area contributed by atoms with Crippen molar-refractivity contribution in [3.8, 4) is 5.75 Å². The lowest BCUT2D eigenvalue weighted by Gasteiger charge is -2.18. The highest BCUT2D eigenvalue weighted by Gasteiger charge is 2.10. The van der Waals surface area contributed by atoms with Gasteiger partial charge in [0.1, 0.15) is 5.75 Å². The van der Waals surface area contributed by atoms with Crippen molar-refractivity contribution in [1.29, 1.82) is 0 Å². The fraction of sp³-hybridized carbons (Fsp3) is 0.333. The number of phenolic OH excluding ortho intramolecular Hbond substituents is 1.